The first kappa shape index (κ1) is 11.5. The molecule has 17 heavy (non-hydrogen) atoms. The molecule has 86 valence electrons. The fourth-order valence-electron chi connectivity index (χ4n) is 1.24. The van der Waals surface area contributed by atoms with Crippen LogP contribution in [0.4, 0.5) is 11.5 Å². The number of hydrogen-bond donors (Lipinski definition) is 2. The Morgan fingerprint density at radius 3 is 2.76 bits per heavy atom. The van der Waals surface area contributed by atoms with E-state index in [1.54, 1.807) is 0 Å². The van der Waals surface area contributed by atoms with Crippen LogP contribution in [0.25, 0.3) is 0 Å². The Morgan fingerprint density at radius 1 is 1.29 bits per heavy atom. The van der Waals surface area contributed by atoms with Crippen molar-refractivity contribution >= 4 is 33.4 Å². The molecule has 0 amide bonds. The quantitative estimate of drug-likeness (QED) is 0.910. The monoisotopic (exact) mass is 293 g/mol. The fourth-order valence-corrected chi connectivity index (χ4v) is 1.63. The van der Waals surface area contributed by atoms with Crippen LogP contribution in [0.5, 0.6) is 0 Å². The minimum absolute atomic E-state index is 0.0467. The van der Waals surface area contributed by atoms with Gasteiger partial charge >= 0.3 is 5.97 Å². The first-order chi connectivity index (χ1) is 8.16. The van der Waals surface area contributed by atoms with Gasteiger partial charge in [-0.05, 0) is 28.1 Å². The van der Waals surface area contributed by atoms with Gasteiger partial charge in [0, 0.05) is 10.5 Å². The molecule has 2 N–H and O–H groups in total. The number of para-hydroxylation sites is 1. The van der Waals surface area contributed by atoms with E-state index in [9.17, 15) is 4.79 Å². The number of nitrogens with one attached hydrogen (secondary N) is 1. The molecule has 2 rings (SSSR count). The molecule has 0 aliphatic heterocycles. The summed E-state index contributed by atoms with van der Waals surface area (Å²) in [6.45, 7) is 0. The topological polar surface area (TPSA) is 75.1 Å². The summed E-state index contributed by atoms with van der Waals surface area (Å²) in [5.74, 6) is -0.646. The molecule has 0 spiro atoms. The molecule has 0 atom stereocenters. The predicted octanol–water partition coefficient (Wildman–Crippen LogP) is 2.68. The summed E-state index contributed by atoms with van der Waals surface area (Å²) >= 11 is 3.38. The van der Waals surface area contributed by atoms with Crippen LogP contribution in [0, 0.1) is 0 Å². The van der Waals surface area contributed by atoms with Crippen molar-refractivity contribution in [1.82, 2.24) is 9.97 Å². The minimum atomic E-state index is -1.08. The lowest BCUT2D eigenvalue weighted by Crippen LogP contribution is -2.03. The number of nitrogens with zero attached hydrogens (tertiary/aromatic N) is 2. The van der Waals surface area contributed by atoms with Gasteiger partial charge in [0.1, 0.15) is 12.1 Å². The lowest BCUT2D eigenvalue weighted by atomic mass is 10.3. The molecule has 0 bridgehead atoms. The van der Waals surface area contributed by atoms with Gasteiger partial charge < -0.3 is 10.4 Å². The summed E-state index contributed by atoms with van der Waals surface area (Å²) in [5.41, 5.74) is 0.761. The van der Waals surface area contributed by atoms with Crippen LogP contribution in [-0.4, -0.2) is 21.0 Å². The van der Waals surface area contributed by atoms with E-state index < -0.39 is 5.97 Å². The highest BCUT2D eigenvalue weighted by Crippen LogP contribution is 2.24. The van der Waals surface area contributed by atoms with E-state index in [2.05, 4.69) is 31.2 Å². The Bertz CT molecular complexity index is 560. The Kier molecular flexibility index (Phi) is 3.34. The molecule has 2 aromatic rings. The third-order valence-corrected chi connectivity index (χ3v) is 2.71. The average Bonchev–Trinajstić information content (AvgIpc) is 2.32. The number of carboxylic acids is 1. The van der Waals surface area contributed by atoms with E-state index in [0.29, 0.717) is 5.82 Å². The number of carbonyl (C=O) groups is 1. The number of aromatic carboxylic acids is 1. The summed E-state index contributed by atoms with van der Waals surface area (Å²) < 4.78 is 0.871. The highest BCUT2D eigenvalue weighted by atomic mass is 79.9. The molecule has 0 fully saturated rings. The third kappa shape index (κ3) is 2.79. The maximum atomic E-state index is 10.7. The van der Waals surface area contributed by atoms with E-state index in [1.165, 1.54) is 12.4 Å². The van der Waals surface area contributed by atoms with Crippen molar-refractivity contribution in [1.29, 1.82) is 0 Å². The molecular formula is C11H8BrN3O2. The van der Waals surface area contributed by atoms with Crippen LogP contribution in [-0.2, 0) is 0 Å². The van der Waals surface area contributed by atoms with Crippen molar-refractivity contribution in [2.45, 2.75) is 0 Å². The standard InChI is InChI=1S/C11H8BrN3O2/c12-7-3-1-2-4-8(7)15-10-5-9(11(16)17)13-6-14-10/h1-6H,(H,16,17)(H,13,14,15). The first-order valence-electron chi connectivity index (χ1n) is 4.74. The van der Waals surface area contributed by atoms with Crippen molar-refractivity contribution < 1.29 is 9.90 Å². The van der Waals surface area contributed by atoms with Gasteiger partial charge in [-0.1, -0.05) is 12.1 Å². The highest BCUT2D eigenvalue weighted by molar-refractivity contribution is 9.10. The molecule has 0 aliphatic carbocycles. The van der Waals surface area contributed by atoms with Gasteiger partial charge in [0.15, 0.2) is 5.69 Å². The van der Waals surface area contributed by atoms with Crippen molar-refractivity contribution in [2.24, 2.45) is 0 Å². The molecule has 1 aromatic heterocycles. The van der Waals surface area contributed by atoms with Crippen molar-refractivity contribution in [3.63, 3.8) is 0 Å². The molecule has 1 heterocycles. The van der Waals surface area contributed by atoms with E-state index in [1.807, 2.05) is 24.3 Å². The number of aromatic nitrogens is 2. The predicted molar refractivity (Wildman–Crippen MR) is 66.4 cm³/mol. The summed E-state index contributed by atoms with van der Waals surface area (Å²) in [5, 5.41) is 11.8. The number of carboxylic acid groups (broad SMARTS) is 1. The fraction of sp³-hybridized carbons (Fsp3) is 0. The second kappa shape index (κ2) is 4.92. The minimum Gasteiger partial charge on any atom is -0.477 e. The van der Waals surface area contributed by atoms with Gasteiger partial charge in [-0.25, -0.2) is 14.8 Å². The van der Waals surface area contributed by atoms with Gasteiger partial charge in [0.25, 0.3) is 0 Å². The largest absolute Gasteiger partial charge is 0.477 e. The molecular weight excluding hydrogens is 286 g/mol. The van der Waals surface area contributed by atoms with Crippen molar-refractivity contribution in [3.05, 3.63) is 46.8 Å². The first-order valence-corrected chi connectivity index (χ1v) is 5.53. The van der Waals surface area contributed by atoms with Crippen LogP contribution < -0.4 is 5.32 Å². The van der Waals surface area contributed by atoms with Gasteiger partial charge in [-0.2, -0.15) is 0 Å². The molecule has 0 saturated carbocycles. The molecule has 1 aromatic carbocycles. The van der Waals surface area contributed by atoms with Crippen molar-refractivity contribution in [2.75, 3.05) is 5.32 Å². The zero-order valence-electron chi connectivity index (χ0n) is 8.59. The van der Waals surface area contributed by atoms with Gasteiger partial charge in [-0.3, -0.25) is 0 Å². The van der Waals surface area contributed by atoms with E-state index in [-0.39, 0.29) is 5.69 Å². The molecule has 0 saturated heterocycles. The maximum absolute atomic E-state index is 10.7. The Balaban J connectivity index is 2.28. The lowest BCUT2D eigenvalue weighted by Gasteiger charge is -2.07. The maximum Gasteiger partial charge on any atom is 0.354 e. The lowest BCUT2D eigenvalue weighted by molar-refractivity contribution is 0.0690. The Morgan fingerprint density at radius 2 is 2.06 bits per heavy atom. The number of rotatable bonds is 3. The number of anilines is 2. The number of halogens is 1. The van der Waals surface area contributed by atoms with Gasteiger partial charge in [-0.15, -0.1) is 0 Å². The highest BCUT2D eigenvalue weighted by Gasteiger charge is 2.06. The second-order valence-electron chi connectivity index (χ2n) is 3.20. The van der Waals surface area contributed by atoms with Crippen molar-refractivity contribution in [3.8, 4) is 0 Å². The molecule has 0 unspecified atom stereocenters. The Hall–Kier alpha value is -1.95. The average molecular weight is 294 g/mol. The smallest absolute Gasteiger partial charge is 0.354 e. The SMILES string of the molecule is O=C(O)c1cc(Nc2ccccc2Br)ncn1. The molecule has 6 heteroatoms. The van der Waals surface area contributed by atoms with Gasteiger partial charge in [0.2, 0.25) is 0 Å². The molecule has 0 radical (unpaired) electrons. The second-order valence-corrected chi connectivity index (χ2v) is 4.05. The Labute approximate surface area is 106 Å². The number of hydrogen-bond acceptors (Lipinski definition) is 4. The van der Waals surface area contributed by atoms with Crippen LogP contribution in [0.3, 0.4) is 0 Å². The third-order valence-electron chi connectivity index (χ3n) is 2.02. The van der Waals surface area contributed by atoms with E-state index in [0.717, 1.165) is 10.2 Å². The van der Waals surface area contributed by atoms with Crippen LogP contribution in [0.1, 0.15) is 10.5 Å². The summed E-state index contributed by atoms with van der Waals surface area (Å²) in [4.78, 5) is 18.3. The van der Waals surface area contributed by atoms with Crippen LogP contribution in [0.2, 0.25) is 0 Å². The van der Waals surface area contributed by atoms with E-state index >= 15 is 0 Å². The van der Waals surface area contributed by atoms with Crippen LogP contribution in [0.15, 0.2) is 41.1 Å². The molecule has 0 aliphatic rings. The summed E-state index contributed by atoms with van der Waals surface area (Å²) in [6, 6.07) is 8.86. The normalized spacial score (nSPS) is 9.94. The van der Waals surface area contributed by atoms with E-state index in [4.69, 9.17) is 5.11 Å². The summed E-state index contributed by atoms with van der Waals surface area (Å²) in [7, 11) is 0. The zero-order chi connectivity index (χ0) is 12.3. The van der Waals surface area contributed by atoms with Crippen LogP contribution >= 0.6 is 15.9 Å². The number of benzene rings is 1. The van der Waals surface area contributed by atoms with Gasteiger partial charge in [0.05, 0.1) is 5.69 Å². The zero-order valence-corrected chi connectivity index (χ0v) is 10.2. The molecule has 5 nitrogen and oxygen atoms in total. The summed E-state index contributed by atoms with van der Waals surface area (Å²) in [6.07, 6.45) is 1.21.